The lowest BCUT2D eigenvalue weighted by atomic mass is 9.96. The number of allylic oxidation sites excluding steroid dienone is 1. The van der Waals surface area contributed by atoms with E-state index in [1.54, 1.807) is 60.3 Å². The lowest BCUT2D eigenvalue weighted by molar-refractivity contribution is -0.112. The van der Waals surface area contributed by atoms with Gasteiger partial charge in [0.1, 0.15) is 5.60 Å². The number of ether oxygens (including phenoxy) is 1. The summed E-state index contributed by atoms with van der Waals surface area (Å²) in [4.78, 5) is 28.9. The molecule has 2 aromatic rings. The number of nitrogens with zero attached hydrogens (tertiary/aromatic N) is 2. The summed E-state index contributed by atoms with van der Waals surface area (Å²) in [5.41, 5.74) is 0.0345. The molecule has 0 fully saturated rings. The number of aryl methyl sites for hydroxylation is 1. The number of carbonyl (C=O) groups excluding carboxylic acids is 2. The Bertz CT molecular complexity index is 923. The molecule has 6 nitrogen and oxygen atoms in total. The minimum absolute atomic E-state index is 0.236. The highest BCUT2D eigenvalue weighted by Crippen LogP contribution is 2.39. The fraction of sp³-hybridized carbons (Fsp3) is 0.211. The van der Waals surface area contributed by atoms with E-state index in [1.165, 1.54) is 18.9 Å². The van der Waals surface area contributed by atoms with E-state index in [0.29, 0.717) is 21.2 Å². The maximum atomic E-state index is 12.8. The minimum atomic E-state index is -1.37. The van der Waals surface area contributed by atoms with Gasteiger partial charge in [0.2, 0.25) is 0 Å². The van der Waals surface area contributed by atoms with Crippen molar-refractivity contribution in [3.8, 4) is 0 Å². The third kappa shape index (κ3) is 3.49. The van der Waals surface area contributed by atoms with E-state index in [2.05, 4.69) is 9.72 Å². The highest BCUT2D eigenvalue weighted by Gasteiger charge is 2.38. The van der Waals surface area contributed by atoms with Gasteiger partial charge in [-0.1, -0.05) is 12.1 Å². The molecule has 0 spiro atoms. The molecule has 1 aliphatic carbocycles. The van der Waals surface area contributed by atoms with E-state index in [9.17, 15) is 14.7 Å². The Morgan fingerprint density at radius 2 is 2.04 bits per heavy atom. The van der Waals surface area contributed by atoms with Gasteiger partial charge in [-0.05, 0) is 48.5 Å². The van der Waals surface area contributed by atoms with E-state index in [4.69, 9.17) is 0 Å². The van der Waals surface area contributed by atoms with Gasteiger partial charge in [-0.3, -0.25) is 4.79 Å². The van der Waals surface area contributed by atoms with Crippen molar-refractivity contribution in [2.24, 2.45) is 7.05 Å². The number of hydrogen-bond acceptors (Lipinski definition) is 6. The van der Waals surface area contributed by atoms with E-state index >= 15 is 0 Å². The Hall–Kier alpha value is -2.64. The van der Waals surface area contributed by atoms with Crippen LogP contribution >= 0.6 is 11.8 Å². The molecule has 0 bridgehead atoms. The molecule has 0 saturated carbocycles. The van der Waals surface area contributed by atoms with Crippen LogP contribution < -0.4 is 0 Å². The van der Waals surface area contributed by atoms with E-state index in [0.717, 1.165) is 0 Å². The van der Waals surface area contributed by atoms with Crippen LogP contribution in [0.4, 0.5) is 0 Å². The van der Waals surface area contributed by atoms with Crippen LogP contribution in [0.2, 0.25) is 0 Å². The number of esters is 1. The number of rotatable bonds is 4. The molecule has 3 rings (SSSR count). The van der Waals surface area contributed by atoms with Gasteiger partial charge in [-0.25, -0.2) is 9.78 Å². The van der Waals surface area contributed by atoms with E-state index in [1.807, 2.05) is 7.05 Å². The SMILES string of the molecule is COC(=O)c1ccc(/C=C2/C(=O)C(Sc3nccn3C)=CC2(C)O)cc1. The normalized spacial score (nSPS) is 21.2. The van der Waals surface area contributed by atoms with Crippen molar-refractivity contribution in [2.45, 2.75) is 17.7 Å². The van der Waals surface area contributed by atoms with Gasteiger partial charge < -0.3 is 14.4 Å². The maximum absolute atomic E-state index is 12.8. The highest BCUT2D eigenvalue weighted by molar-refractivity contribution is 8.03. The quantitative estimate of drug-likeness (QED) is 0.658. The molecule has 0 saturated heterocycles. The number of benzene rings is 1. The first-order chi connectivity index (χ1) is 12.3. The fourth-order valence-corrected chi connectivity index (χ4v) is 3.60. The van der Waals surface area contributed by atoms with Crippen molar-refractivity contribution in [2.75, 3.05) is 7.11 Å². The smallest absolute Gasteiger partial charge is 0.337 e. The third-order valence-electron chi connectivity index (χ3n) is 4.05. The second-order valence-corrected chi connectivity index (χ2v) is 7.09. The zero-order valence-electron chi connectivity index (χ0n) is 14.6. The number of thioether (sulfide) groups is 1. The van der Waals surface area contributed by atoms with Gasteiger partial charge in [0, 0.05) is 25.0 Å². The van der Waals surface area contributed by atoms with Crippen LogP contribution in [-0.4, -0.2) is 39.1 Å². The summed E-state index contributed by atoms with van der Waals surface area (Å²) in [6.07, 6.45) is 6.62. The Morgan fingerprint density at radius 1 is 1.35 bits per heavy atom. The molecule has 0 aliphatic heterocycles. The van der Waals surface area contributed by atoms with Gasteiger partial charge >= 0.3 is 5.97 Å². The summed E-state index contributed by atoms with van der Waals surface area (Å²) in [6, 6.07) is 6.63. The second kappa shape index (κ2) is 6.93. The predicted octanol–water partition coefficient (Wildman–Crippen LogP) is 2.60. The van der Waals surface area contributed by atoms with Crippen LogP contribution in [0.25, 0.3) is 6.08 Å². The number of Topliss-reactive ketones (excluding diaryl/α,β-unsaturated/α-hetero) is 1. The van der Waals surface area contributed by atoms with Gasteiger partial charge in [0.15, 0.2) is 10.9 Å². The molecule has 1 unspecified atom stereocenters. The van der Waals surface area contributed by atoms with Crippen LogP contribution in [0.1, 0.15) is 22.8 Å². The third-order valence-corrected chi connectivity index (χ3v) is 5.15. The van der Waals surface area contributed by atoms with Crippen molar-refractivity contribution in [1.82, 2.24) is 9.55 Å². The van der Waals surface area contributed by atoms with Crippen molar-refractivity contribution >= 4 is 29.6 Å². The van der Waals surface area contributed by atoms with Crippen LogP contribution in [0.5, 0.6) is 0 Å². The second-order valence-electron chi connectivity index (χ2n) is 6.08. The van der Waals surface area contributed by atoms with Crippen LogP contribution in [0.15, 0.2) is 58.4 Å². The Balaban J connectivity index is 1.86. The number of hydrogen-bond donors (Lipinski definition) is 1. The van der Waals surface area contributed by atoms with Crippen molar-refractivity contribution in [3.05, 3.63) is 64.3 Å². The molecular formula is C19H18N2O4S. The average Bonchev–Trinajstić information content (AvgIpc) is 3.11. The molecule has 26 heavy (non-hydrogen) atoms. The molecule has 7 heteroatoms. The summed E-state index contributed by atoms with van der Waals surface area (Å²) in [6.45, 7) is 1.57. The zero-order chi connectivity index (χ0) is 18.9. The highest BCUT2D eigenvalue weighted by atomic mass is 32.2. The molecular weight excluding hydrogens is 352 g/mol. The number of ketones is 1. The zero-order valence-corrected chi connectivity index (χ0v) is 15.4. The molecule has 0 radical (unpaired) electrons. The molecule has 1 aliphatic rings. The average molecular weight is 370 g/mol. The molecule has 0 amide bonds. The monoisotopic (exact) mass is 370 g/mol. The maximum Gasteiger partial charge on any atom is 0.337 e. The number of aromatic nitrogens is 2. The molecule has 134 valence electrons. The summed E-state index contributed by atoms with van der Waals surface area (Å²) < 4.78 is 6.47. The molecule has 1 aromatic carbocycles. The van der Waals surface area contributed by atoms with Gasteiger partial charge in [-0.15, -0.1) is 0 Å². The van der Waals surface area contributed by atoms with E-state index < -0.39 is 11.6 Å². The van der Waals surface area contributed by atoms with Gasteiger partial charge in [0.25, 0.3) is 0 Å². The van der Waals surface area contributed by atoms with Crippen molar-refractivity contribution in [3.63, 3.8) is 0 Å². The first kappa shape index (κ1) is 18.2. The summed E-state index contributed by atoms with van der Waals surface area (Å²) in [5.74, 6) is -0.663. The summed E-state index contributed by atoms with van der Waals surface area (Å²) in [5, 5.41) is 11.3. The van der Waals surface area contributed by atoms with Crippen LogP contribution in [-0.2, 0) is 16.6 Å². The summed E-state index contributed by atoms with van der Waals surface area (Å²) >= 11 is 1.22. The first-order valence-electron chi connectivity index (χ1n) is 7.87. The van der Waals surface area contributed by atoms with E-state index in [-0.39, 0.29) is 11.4 Å². The number of carbonyl (C=O) groups is 2. The topological polar surface area (TPSA) is 81.4 Å². The fourth-order valence-electron chi connectivity index (χ4n) is 2.60. The van der Waals surface area contributed by atoms with Crippen LogP contribution in [0.3, 0.4) is 0 Å². The molecule has 1 atom stereocenters. The molecule has 1 aromatic heterocycles. The van der Waals surface area contributed by atoms with Crippen molar-refractivity contribution < 1.29 is 19.4 Å². The first-order valence-corrected chi connectivity index (χ1v) is 8.69. The minimum Gasteiger partial charge on any atom is -0.465 e. The number of methoxy groups -OCH3 is 1. The molecule has 1 heterocycles. The Kier molecular flexibility index (Phi) is 4.84. The lowest BCUT2D eigenvalue weighted by Crippen LogP contribution is -2.22. The molecule has 1 N–H and O–H groups in total. The number of imidazole rings is 1. The summed E-state index contributed by atoms with van der Waals surface area (Å²) in [7, 11) is 3.16. The lowest BCUT2D eigenvalue weighted by Gasteiger charge is -2.15. The Morgan fingerprint density at radius 3 is 2.62 bits per heavy atom. The van der Waals surface area contributed by atoms with Gasteiger partial charge in [-0.2, -0.15) is 0 Å². The standard InChI is InChI=1S/C19H18N2O4S/c1-19(24)11-15(26-18-20-8-9-21(18)2)16(22)14(19)10-12-4-6-13(7-5-12)17(23)25-3/h4-11,24H,1-3H3/b14-10-. The number of aliphatic hydroxyl groups is 1. The van der Waals surface area contributed by atoms with Gasteiger partial charge in [0.05, 0.1) is 17.6 Å². The predicted molar refractivity (Wildman–Crippen MR) is 98.5 cm³/mol. The largest absolute Gasteiger partial charge is 0.465 e. The van der Waals surface area contributed by atoms with Crippen LogP contribution in [0, 0.1) is 0 Å². The Labute approximate surface area is 155 Å². The van der Waals surface area contributed by atoms with Crippen molar-refractivity contribution in [1.29, 1.82) is 0 Å².